The molecule has 0 atom stereocenters. The highest BCUT2D eigenvalue weighted by Crippen LogP contribution is 2.18. The molecule has 1 heterocycles. The van der Waals surface area contributed by atoms with Crippen LogP contribution in [-0.2, 0) is 10.0 Å². The lowest BCUT2D eigenvalue weighted by atomic mass is 10.1. The van der Waals surface area contributed by atoms with Gasteiger partial charge in [-0.05, 0) is 36.4 Å². The molecule has 0 radical (unpaired) electrons. The highest BCUT2D eigenvalue weighted by atomic mass is 32.2. The molecule has 2 aromatic rings. The van der Waals surface area contributed by atoms with Crippen LogP contribution < -0.4 is 4.90 Å². The smallest absolute Gasteiger partial charge is 0.253 e. The number of carbonyl (C=O) groups excluding carboxylic acids is 1. The molecule has 0 N–H and O–H groups in total. The molecule has 0 unspecified atom stereocenters. The molecule has 1 aliphatic rings. The predicted octanol–water partition coefficient (Wildman–Crippen LogP) is 1.90. The molecule has 0 aliphatic carbocycles. The van der Waals surface area contributed by atoms with E-state index in [4.69, 9.17) is 0 Å². The number of hydrogen-bond acceptors (Lipinski definition) is 4. The van der Waals surface area contributed by atoms with Crippen molar-refractivity contribution in [3.63, 3.8) is 0 Å². The van der Waals surface area contributed by atoms with Crippen molar-refractivity contribution in [2.45, 2.75) is 4.90 Å². The molecular formula is C19H23N3O3S. The molecular weight excluding hydrogens is 350 g/mol. The average Bonchev–Trinajstić information content (AvgIpc) is 2.68. The first-order chi connectivity index (χ1) is 12.4. The van der Waals surface area contributed by atoms with Gasteiger partial charge in [0.2, 0.25) is 10.0 Å². The van der Waals surface area contributed by atoms with Crippen LogP contribution >= 0.6 is 0 Å². The van der Waals surface area contributed by atoms with Gasteiger partial charge in [-0.2, -0.15) is 0 Å². The lowest BCUT2D eigenvalue weighted by Gasteiger charge is -2.36. The second-order valence-electron chi connectivity index (χ2n) is 6.43. The normalized spacial score (nSPS) is 15.3. The number of rotatable bonds is 4. The summed E-state index contributed by atoms with van der Waals surface area (Å²) in [5.74, 6) is -0.0634. The largest absolute Gasteiger partial charge is 0.368 e. The number of benzene rings is 2. The Kier molecular flexibility index (Phi) is 5.29. The topological polar surface area (TPSA) is 60.9 Å². The van der Waals surface area contributed by atoms with E-state index < -0.39 is 10.0 Å². The molecule has 0 bridgehead atoms. The van der Waals surface area contributed by atoms with Crippen molar-refractivity contribution in [1.29, 1.82) is 0 Å². The van der Waals surface area contributed by atoms with Crippen molar-refractivity contribution in [3.05, 3.63) is 60.2 Å². The van der Waals surface area contributed by atoms with E-state index in [-0.39, 0.29) is 10.8 Å². The number of anilines is 1. The van der Waals surface area contributed by atoms with Crippen molar-refractivity contribution in [1.82, 2.24) is 9.21 Å². The van der Waals surface area contributed by atoms with Crippen molar-refractivity contribution >= 4 is 21.6 Å². The van der Waals surface area contributed by atoms with Gasteiger partial charge >= 0.3 is 0 Å². The third-order valence-electron chi connectivity index (χ3n) is 4.57. The van der Waals surface area contributed by atoms with Crippen LogP contribution in [-0.4, -0.2) is 63.8 Å². The number of para-hydroxylation sites is 1. The third-order valence-corrected chi connectivity index (χ3v) is 6.40. The predicted molar refractivity (Wildman–Crippen MR) is 102 cm³/mol. The van der Waals surface area contributed by atoms with Gasteiger partial charge in [0.25, 0.3) is 5.91 Å². The van der Waals surface area contributed by atoms with Gasteiger partial charge in [-0.3, -0.25) is 4.79 Å². The second kappa shape index (κ2) is 7.47. The van der Waals surface area contributed by atoms with Gasteiger partial charge in [0.15, 0.2) is 0 Å². The van der Waals surface area contributed by atoms with E-state index in [1.807, 2.05) is 23.1 Å². The van der Waals surface area contributed by atoms with Crippen LogP contribution in [0.4, 0.5) is 5.69 Å². The Bertz CT molecular complexity index is 857. The first-order valence-electron chi connectivity index (χ1n) is 8.51. The van der Waals surface area contributed by atoms with Crippen molar-refractivity contribution in [2.24, 2.45) is 0 Å². The fourth-order valence-corrected chi connectivity index (χ4v) is 3.87. The Labute approximate surface area is 154 Å². The number of piperazine rings is 1. The van der Waals surface area contributed by atoms with Crippen LogP contribution in [0.25, 0.3) is 0 Å². The van der Waals surface area contributed by atoms with Gasteiger partial charge in [-0.1, -0.05) is 18.2 Å². The number of amides is 1. The van der Waals surface area contributed by atoms with Gasteiger partial charge in [0.05, 0.1) is 4.90 Å². The molecule has 2 aromatic carbocycles. The zero-order valence-corrected chi connectivity index (χ0v) is 15.8. The van der Waals surface area contributed by atoms with E-state index in [0.29, 0.717) is 18.7 Å². The zero-order valence-electron chi connectivity index (χ0n) is 15.0. The van der Waals surface area contributed by atoms with E-state index in [1.165, 1.54) is 26.2 Å². The SMILES string of the molecule is CN(C)S(=O)(=O)c1ccc(C(=O)N2CCN(c3ccccc3)CC2)cc1. The Morgan fingerprint density at radius 3 is 2.00 bits per heavy atom. The molecule has 3 rings (SSSR count). The average molecular weight is 373 g/mol. The fourth-order valence-electron chi connectivity index (χ4n) is 2.97. The summed E-state index contributed by atoms with van der Waals surface area (Å²) in [7, 11) is -0.507. The summed E-state index contributed by atoms with van der Waals surface area (Å²) in [6, 6.07) is 16.3. The molecule has 0 saturated carbocycles. The van der Waals surface area contributed by atoms with E-state index in [1.54, 1.807) is 12.1 Å². The molecule has 6 nitrogen and oxygen atoms in total. The summed E-state index contributed by atoms with van der Waals surface area (Å²) in [6.07, 6.45) is 0. The summed E-state index contributed by atoms with van der Waals surface area (Å²) in [5, 5.41) is 0. The van der Waals surface area contributed by atoms with Gasteiger partial charge in [0, 0.05) is 51.5 Å². The van der Waals surface area contributed by atoms with Gasteiger partial charge in [0.1, 0.15) is 0 Å². The van der Waals surface area contributed by atoms with E-state index in [0.717, 1.165) is 23.1 Å². The first kappa shape index (κ1) is 18.4. The first-order valence-corrected chi connectivity index (χ1v) is 9.95. The molecule has 1 saturated heterocycles. The van der Waals surface area contributed by atoms with E-state index in [9.17, 15) is 13.2 Å². The minimum atomic E-state index is -3.48. The number of nitrogens with zero attached hydrogens (tertiary/aromatic N) is 3. The van der Waals surface area contributed by atoms with Crippen molar-refractivity contribution < 1.29 is 13.2 Å². The number of hydrogen-bond donors (Lipinski definition) is 0. The molecule has 138 valence electrons. The molecule has 0 aromatic heterocycles. The van der Waals surface area contributed by atoms with Gasteiger partial charge in [-0.15, -0.1) is 0 Å². The Hall–Kier alpha value is -2.38. The summed E-state index contributed by atoms with van der Waals surface area (Å²) < 4.78 is 25.4. The summed E-state index contributed by atoms with van der Waals surface area (Å²) >= 11 is 0. The molecule has 1 fully saturated rings. The van der Waals surface area contributed by atoms with Crippen LogP contribution in [0.5, 0.6) is 0 Å². The highest BCUT2D eigenvalue weighted by molar-refractivity contribution is 7.89. The quantitative estimate of drug-likeness (QED) is 0.821. The summed E-state index contributed by atoms with van der Waals surface area (Å²) in [4.78, 5) is 16.9. The van der Waals surface area contributed by atoms with Crippen LogP contribution in [0.1, 0.15) is 10.4 Å². The highest BCUT2D eigenvalue weighted by Gasteiger charge is 2.23. The summed E-state index contributed by atoms with van der Waals surface area (Å²) in [5.41, 5.74) is 1.67. The van der Waals surface area contributed by atoms with Gasteiger partial charge < -0.3 is 9.80 Å². The van der Waals surface area contributed by atoms with Crippen LogP contribution in [0.15, 0.2) is 59.5 Å². The maximum Gasteiger partial charge on any atom is 0.253 e. The van der Waals surface area contributed by atoms with Crippen molar-refractivity contribution in [2.75, 3.05) is 45.2 Å². The monoisotopic (exact) mass is 373 g/mol. The third kappa shape index (κ3) is 3.73. The second-order valence-corrected chi connectivity index (χ2v) is 8.58. The number of carbonyl (C=O) groups is 1. The Morgan fingerprint density at radius 2 is 1.46 bits per heavy atom. The van der Waals surface area contributed by atoms with Crippen LogP contribution in [0, 0.1) is 0 Å². The van der Waals surface area contributed by atoms with Crippen molar-refractivity contribution in [3.8, 4) is 0 Å². The zero-order chi connectivity index (χ0) is 18.7. The standard InChI is InChI=1S/C19H23N3O3S/c1-20(2)26(24,25)18-10-8-16(9-11-18)19(23)22-14-12-21(13-15-22)17-6-4-3-5-7-17/h3-11H,12-15H2,1-2H3. The lowest BCUT2D eigenvalue weighted by molar-refractivity contribution is 0.0746. The maximum absolute atomic E-state index is 12.7. The van der Waals surface area contributed by atoms with Crippen LogP contribution in [0.3, 0.4) is 0 Å². The van der Waals surface area contributed by atoms with E-state index in [2.05, 4.69) is 17.0 Å². The minimum absolute atomic E-state index is 0.0634. The molecule has 1 aliphatic heterocycles. The Morgan fingerprint density at radius 1 is 0.885 bits per heavy atom. The fraction of sp³-hybridized carbons (Fsp3) is 0.316. The van der Waals surface area contributed by atoms with E-state index >= 15 is 0 Å². The minimum Gasteiger partial charge on any atom is -0.368 e. The van der Waals surface area contributed by atoms with Crippen LogP contribution in [0.2, 0.25) is 0 Å². The molecule has 26 heavy (non-hydrogen) atoms. The maximum atomic E-state index is 12.7. The molecule has 7 heteroatoms. The Balaban J connectivity index is 1.66. The van der Waals surface area contributed by atoms with Gasteiger partial charge in [-0.25, -0.2) is 12.7 Å². The molecule has 0 spiro atoms. The molecule has 1 amide bonds. The number of sulfonamides is 1. The lowest BCUT2D eigenvalue weighted by Crippen LogP contribution is -2.48. The summed E-state index contributed by atoms with van der Waals surface area (Å²) in [6.45, 7) is 2.85.